The van der Waals surface area contributed by atoms with E-state index >= 15 is 0 Å². The summed E-state index contributed by atoms with van der Waals surface area (Å²) in [5.41, 5.74) is -0.635. The van der Waals surface area contributed by atoms with Gasteiger partial charge in [0.15, 0.2) is 23.1 Å². The standard InChI is InChI=1S/2C20H19F3N2O2.2C4H6O4.HI/c2*1-25-7-5-12(6-8-25)20(27)17-4-2-3-14(24-17)11-18(26)19-15(22)9-13(21)10-16(19)23;2*5-3(6)1-2-4(7)8;/h2*2-4,9-10,12H,5-8,11H2,1H3;2*1-2H2,(H,5,6)(H,7,8);1H. The first-order chi connectivity index (χ1) is 32.9. The van der Waals surface area contributed by atoms with Crippen LogP contribution < -0.4 is 0 Å². The molecule has 4 heterocycles. The molecule has 0 saturated carbocycles. The molecule has 2 saturated heterocycles. The van der Waals surface area contributed by atoms with E-state index in [-0.39, 0.29) is 109 Å². The molecule has 0 unspecified atom stereocenters. The number of carboxylic acid groups (broad SMARTS) is 4. The molecule has 2 aliphatic rings. The molecule has 71 heavy (non-hydrogen) atoms. The van der Waals surface area contributed by atoms with E-state index in [1.54, 1.807) is 24.3 Å². The number of Topliss-reactive ketones (excluding diaryl/α,β-unsaturated/α-hetero) is 4. The number of nitrogens with zero attached hydrogens (tertiary/aromatic N) is 4. The minimum absolute atomic E-state index is 0. The zero-order chi connectivity index (χ0) is 52.2. The fourth-order valence-electron chi connectivity index (χ4n) is 6.94. The molecule has 16 nitrogen and oxygen atoms in total. The van der Waals surface area contributed by atoms with Crippen molar-refractivity contribution in [1.82, 2.24) is 19.8 Å². The van der Waals surface area contributed by atoms with Gasteiger partial charge in [0.2, 0.25) is 0 Å². The number of likely N-dealkylation sites (tertiary alicyclic amines) is 2. The predicted octanol–water partition coefficient (Wildman–Crippen LogP) is 7.39. The average molecular weight is 1120 g/mol. The van der Waals surface area contributed by atoms with Crippen LogP contribution in [-0.2, 0) is 32.0 Å². The fraction of sp³-hybridized carbons (Fsp3) is 0.375. The number of rotatable bonds is 16. The number of pyridine rings is 2. The molecule has 0 radical (unpaired) electrons. The molecule has 2 fully saturated rings. The van der Waals surface area contributed by atoms with Gasteiger partial charge < -0.3 is 30.2 Å². The number of carbonyl (C=O) groups excluding carboxylic acids is 4. The smallest absolute Gasteiger partial charge is 0.303 e. The molecule has 0 bridgehead atoms. The zero-order valence-electron chi connectivity index (χ0n) is 38.3. The third-order valence-electron chi connectivity index (χ3n) is 10.7. The molecule has 4 N–H and O–H groups in total. The van der Waals surface area contributed by atoms with Crippen molar-refractivity contribution < 1.29 is 85.1 Å². The van der Waals surface area contributed by atoms with E-state index in [9.17, 15) is 64.7 Å². The number of carbonyl (C=O) groups is 8. The summed E-state index contributed by atoms with van der Waals surface area (Å²) in [5.74, 6) is -13.6. The van der Waals surface area contributed by atoms with Crippen LogP contribution in [0.15, 0.2) is 60.7 Å². The maximum Gasteiger partial charge on any atom is 0.303 e. The summed E-state index contributed by atoms with van der Waals surface area (Å²) in [5, 5.41) is 31.6. The Balaban J connectivity index is 0.000000370. The number of benzene rings is 2. The molecule has 2 aromatic carbocycles. The second-order valence-electron chi connectivity index (χ2n) is 16.2. The fourth-order valence-corrected chi connectivity index (χ4v) is 6.94. The summed E-state index contributed by atoms with van der Waals surface area (Å²) in [6, 6.07) is 11.2. The van der Waals surface area contributed by atoms with Crippen molar-refractivity contribution in [1.29, 1.82) is 0 Å². The summed E-state index contributed by atoms with van der Waals surface area (Å²) in [4.78, 5) is 101. The number of hydrogen-bond acceptors (Lipinski definition) is 12. The predicted molar refractivity (Wildman–Crippen MR) is 251 cm³/mol. The number of hydrogen-bond donors (Lipinski definition) is 4. The molecule has 384 valence electrons. The van der Waals surface area contributed by atoms with Crippen molar-refractivity contribution in [3.63, 3.8) is 0 Å². The van der Waals surface area contributed by atoms with E-state index in [4.69, 9.17) is 20.4 Å². The minimum Gasteiger partial charge on any atom is -0.481 e. The van der Waals surface area contributed by atoms with E-state index in [1.165, 1.54) is 12.1 Å². The van der Waals surface area contributed by atoms with Crippen LogP contribution in [0.2, 0.25) is 0 Å². The summed E-state index contributed by atoms with van der Waals surface area (Å²) < 4.78 is 81.1. The number of aliphatic carboxylic acids is 4. The number of aromatic nitrogens is 2. The summed E-state index contributed by atoms with van der Waals surface area (Å²) in [7, 11) is 4.00. The second kappa shape index (κ2) is 29.7. The lowest BCUT2D eigenvalue weighted by atomic mass is 9.91. The summed E-state index contributed by atoms with van der Waals surface area (Å²) >= 11 is 0. The Kier molecular flexibility index (Phi) is 25.3. The van der Waals surface area contributed by atoms with Gasteiger partial charge in [0, 0.05) is 47.5 Å². The molecular formula is C48H51F6IN4O12. The van der Waals surface area contributed by atoms with E-state index < -0.39 is 81.5 Å². The third-order valence-corrected chi connectivity index (χ3v) is 10.7. The van der Waals surface area contributed by atoms with Gasteiger partial charge in [-0.05, 0) is 90.2 Å². The van der Waals surface area contributed by atoms with Crippen LogP contribution in [0, 0.1) is 46.7 Å². The van der Waals surface area contributed by atoms with Gasteiger partial charge in [-0.2, -0.15) is 0 Å². The van der Waals surface area contributed by atoms with Gasteiger partial charge in [-0.25, -0.2) is 36.3 Å². The Morgan fingerprint density at radius 1 is 0.493 bits per heavy atom. The van der Waals surface area contributed by atoms with Crippen molar-refractivity contribution >= 4 is 71.0 Å². The Labute approximate surface area is 420 Å². The molecular weight excluding hydrogens is 1070 g/mol. The van der Waals surface area contributed by atoms with E-state index in [1.807, 2.05) is 14.1 Å². The van der Waals surface area contributed by atoms with Crippen molar-refractivity contribution in [2.24, 2.45) is 11.8 Å². The van der Waals surface area contributed by atoms with Crippen LogP contribution in [0.25, 0.3) is 0 Å². The molecule has 0 spiro atoms. The van der Waals surface area contributed by atoms with Gasteiger partial charge in [0.25, 0.3) is 0 Å². The third kappa shape index (κ3) is 20.8. The highest BCUT2D eigenvalue weighted by molar-refractivity contribution is 14.0. The second-order valence-corrected chi connectivity index (χ2v) is 16.2. The maximum atomic E-state index is 13.8. The number of ketones is 4. The topological polar surface area (TPSA) is 250 Å². The number of carboxylic acids is 4. The van der Waals surface area contributed by atoms with Crippen LogP contribution in [0.1, 0.15) is 104 Å². The number of piperidine rings is 2. The molecule has 4 aromatic rings. The number of halogens is 7. The molecule has 0 amide bonds. The van der Waals surface area contributed by atoms with Crippen LogP contribution in [0.5, 0.6) is 0 Å². The summed E-state index contributed by atoms with van der Waals surface area (Å²) in [6.07, 6.45) is 1.02. The monoisotopic (exact) mass is 1120 g/mol. The van der Waals surface area contributed by atoms with Gasteiger partial charge >= 0.3 is 23.9 Å². The Hall–Kier alpha value is -6.47. The normalized spacial score (nSPS) is 13.9. The zero-order valence-corrected chi connectivity index (χ0v) is 40.7. The Bertz CT molecular complexity index is 2310. The minimum atomic E-state index is -1.25. The molecule has 23 heteroatoms. The van der Waals surface area contributed by atoms with Crippen molar-refractivity contribution in [2.75, 3.05) is 40.3 Å². The quantitative estimate of drug-likeness (QED) is 0.0485. The molecule has 2 aromatic heterocycles. The van der Waals surface area contributed by atoms with Gasteiger partial charge in [-0.3, -0.25) is 38.4 Å². The van der Waals surface area contributed by atoms with Crippen LogP contribution in [0.3, 0.4) is 0 Å². The van der Waals surface area contributed by atoms with E-state index in [2.05, 4.69) is 19.8 Å². The summed E-state index contributed by atoms with van der Waals surface area (Å²) in [6.45, 7) is 3.32. The average Bonchev–Trinajstić information content (AvgIpc) is 3.28. The van der Waals surface area contributed by atoms with Crippen LogP contribution >= 0.6 is 24.0 Å². The lowest BCUT2D eigenvalue weighted by molar-refractivity contribution is -0.143. The lowest BCUT2D eigenvalue weighted by Gasteiger charge is -2.27. The first-order valence-electron chi connectivity index (χ1n) is 21.6. The SMILES string of the molecule is CN1CCC(C(=O)c2cccc(CC(=O)c3c(F)cc(F)cc3F)n2)CC1.CN1CCC(C(=O)c2cccc(CC(=O)c3c(F)cc(F)cc3F)n2)CC1.I.O=C(O)CCC(=O)O.O=C(O)CCC(=O)O. The highest BCUT2D eigenvalue weighted by atomic mass is 127. The van der Waals surface area contributed by atoms with Gasteiger partial charge in [-0.1, -0.05) is 12.1 Å². The van der Waals surface area contributed by atoms with E-state index in [0.29, 0.717) is 24.3 Å². The van der Waals surface area contributed by atoms with Crippen molar-refractivity contribution in [2.45, 2.75) is 64.2 Å². The Morgan fingerprint density at radius 2 is 0.761 bits per heavy atom. The van der Waals surface area contributed by atoms with Crippen LogP contribution in [-0.4, -0.2) is 127 Å². The van der Waals surface area contributed by atoms with Crippen molar-refractivity contribution in [3.05, 3.63) is 129 Å². The highest BCUT2D eigenvalue weighted by Crippen LogP contribution is 2.23. The largest absolute Gasteiger partial charge is 0.481 e. The Morgan fingerprint density at radius 3 is 1.01 bits per heavy atom. The van der Waals surface area contributed by atoms with E-state index in [0.717, 1.165) is 51.9 Å². The molecule has 0 aliphatic carbocycles. The molecule has 2 aliphatic heterocycles. The first kappa shape index (κ1) is 60.7. The maximum absolute atomic E-state index is 13.8. The van der Waals surface area contributed by atoms with Gasteiger partial charge in [0.05, 0.1) is 49.7 Å². The highest BCUT2D eigenvalue weighted by Gasteiger charge is 2.28. The molecule has 0 atom stereocenters. The lowest BCUT2D eigenvalue weighted by Crippen LogP contribution is -2.33. The van der Waals surface area contributed by atoms with Crippen molar-refractivity contribution in [3.8, 4) is 0 Å². The first-order valence-corrected chi connectivity index (χ1v) is 21.6. The van der Waals surface area contributed by atoms with Gasteiger partial charge in [-0.15, -0.1) is 24.0 Å². The van der Waals surface area contributed by atoms with Crippen LogP contribution in [0.4, 0.5) is 26.3 Å². The van der Waals surface area contributed by atoms with Gasteiger partial charge in [0.1, 0.15) is 46.3 Å². The molecule has 6 rings (SSSR count).